The summed E-state index contributed by atoms with van der Waals surface area (Å²) < 4.78 is 5.38. The number of carboxylic acid groups (broad SMARTS) is 1. The van der Waals surface area contributed by atoms with Crippen LogP contribution in [-0.4, -0.2) is 78.4 Å². The van der Waals surface area contributed by atoms with Crippen LogP contribution in [0.3, 0.4) is 0 Å². The van der Waals surface area contributed by atoms with Crippen LogP contribution in [0.1, 0.15) is 26.2 Å². The van der Waals surface area contributed by atoms with E-state index in [0.29, 0.717) is 26.2 Å². The van der Waals surface area contributed by atoms with E-state index in [1.54, 1.807) is 18.9 Å². The lowest BCUT2D eigenvalue weighted by molar-refractivity contribution is -0.143. The fourth-order valence-corrected chi connectivity index (χ4v) is 3.09. The van der Waals surface area contributed by atoms with Gasteiger partial charge < -0.3 is 20.1 Å². The highest BCUT2D eigenvalue weighted by Crippen LogP contribution is 2.21. The van der Waals surface area contributed by atoms with Gasteiger partial charge in [0, 0.05) is 33.3 Å². The first kappa shape index (κ1) is 16.0. The van der Waals surface area contributed by atoms with Crippen LogP contribution in [0.2, 0.25) is 0 Å². The Bertz CT molecular complexity index is 382. The van der Waals surface area contributed by atoms with Crippen LogP contribution in [0.5, 0.6) is 0 Å². The summed E-state index contributed by atoms with van der Waals surface area (Å²) in [5, 5.41) is 12.1. The lowest BCUT2D eigenvalue weighted by atomic mass is 10.2. The van der Waals surface area contributed by atoms with Crippen LogP contribution >= 0.6 is 0 Å². The summed E-state index contributed by atoms with van der Waals surface area (Å²) in [5.74, 6) is -0.818. The van der Waals surface area contributed by atoms with Crippen molar-refractivity contribution in [1.29, 1.82) is 0 Å². The Hall–Kier alpha value is -1.34. The van der Waals surface area contributed by atoms with Crippen LogP contribution in [0.4, 0.5) is 4.79 Å². The van der Waals surface area contributed by atoms with Gasteiger partial charge in [0.05, 0.1) is 12.1 Å². The third-order valence-corrected chi connectivity index (χ3v) is 4.57. The third-order valence-electron chi connectivity index (χ3n) is 4.57. The zero-order valence-electron chi connectivity index (χ0n) is 12.7. The van der Waals surface area contributed by atoms with Crippen LogP contribution in [-0.2, 0) is 9.53 Å². The Morgan fingerprint density at radius 1 is 1.24 bits per heavy atom. The maximum Gasteiger partial charge on any atom is 0.320 e. The number of amides is 2. The van der Waals surface area contributed by atoms with Crippen molar-refractivity contribution < 1.29 is 19.4 Å². The number of nitrogens with one attached hydrogen (secondary N) is 1. The molecule has 0 radical (unpaired) electrons. The fourth-order valence-electron chi connectivity index (χ4n) is 3.09. The predicted molar refractivity (Wildman–Crippen MR) is 77.2 cm³/mol. The molecule has 2 N–H and O–H groups in total. The monoisotopic (exact) mass is 299 g/mol. The van der Waals surface area contributed by atoms with Gasteiger partial charge in [0.1, 0.15) is 6.04 Å². The number of carbonyl (C=O) groups is 2. The molecule has 2 aliphatic rings. The molecule has 0 bridgehead atoms. The zero-order chi connectivity index (χ0) is 15.4. The van der Waals surface area contributed by atoms with Gasteiger partial charge in [-0.2, -0.15) is 0 Å². The van der Waals surface area contributed by atoms with Crippen LogP contribution in [0.25, 0.3) is 0 Å². The minimum Gasteiger partial charge on any atom is -0.480 e. The second-order valence-corrected chi connectivity index (χ2v) is 5.80. The summed E-state index contributed by atoms with van der Waals surface area (Å²) in [5.41, 5.74) is 0. The summed E-state index contributed by atoms with van der Waals surface area (Å²) in [7, 11) is 1.68. The molecule has 2 fully saturated rings. The molecular formula is C14H25N3O4. The highest BCUT2D eigenvalue weighted by atomic mass is 16.5. The van der Waals surface area contributed by atoms with Crippen molar-refractivity contribution in [1.82, 2.24) is 15.1 Å². The Kier molecular flexibility index (Phi) is 5.41. The first-order valence-corrected chi connectivity index (χ1v) is 7.58. The summed E-state index contributed by atoms with van der Waals surface area (Å²) in [4.78, 5) is 26.9. The molecule has 1 heterocycles. The van der Waals surface area contributed by atoms with Gasteiger partial charge >= 0.3 is 12.0 Å². The number of aliphatic carboxylic acids is 1. The van der Waals surface area contributed by atoms with Crippen molar-refractivity contribution in [3.05, 3.63) is 0 Å². The van der Waals surface area contributed by atoms with Gasteiger partial charge in [-0.15, -0.1) is 0 Å². The highest BCUT2D eigenvalue weighted by Gasteiger charge is 2.31. The topological polar surface area (TPSA) is 82.1 Å². The fraction of sp³-hybridized carbons (Fsp3) is 0.857. The molecule has 21 heavy (non-hydrogen) atoms. The van der Waals surface area contributed by atoms with Crippen molar-refractivity contribution in [2.24, 2.45) is 0 Å². The molecule has 120 valence electrons. The number of rotatable bonds is 4. The van der Waals surface area contributed by atoms with E-state index in [-0.39, 0.29) is 18.2 Å². The molecule has 7 nitrogen and oxygen atoms in total. The molecule has 0 aromatic rings. The minimum absolute atomic E-state index is 0.0634. The Morgan fingerprint density at radius 2 is 1.90 bits per heavy atom. The van der Waals surface area contributed by atoms with Gasteiger partial charge in [-0.25, -0.2) is 4.79 Å². The van der Waals surface area contributed by atoms with E-state index in [0.717, 1.165) is 19.3 Å². The number of methoxy groups -OCH3 is 1. The van der Waals surface area contributed by atoms with Crippen molar-refractivity contribution >= 4 is 12.0 Å². The van der Waals surface area contributed by atoms with Crippen LogP contribution < -0.4 is 5.32 Å². The zero-order valence-corrected chi connectivity index (χ0v) is 12.7. The van der Waals surface area contributed by atoms with E-state index < -0.39 is 12.0 Å². The average molecular weight is 299 g/mol. The van der Waals surface area contributed by atoms with Gasteiger partial charge in [0.2, 0.25) is 0 Å². The lowest BCUT2D eigenvalue weighted by Crippen LogP contribution is -2.56. The average Bonchev–Trinajstić information content (AvgIpc) is 2.93. The SMILES string of the molecule is COC1CCCC1NC(=O)N1CCN(C(C)C(=O)O)CC1. The van der Waals surface area contributed by atoms with Crippen molar-refractivity contribution in [2.45, 2.75) is 44.4 Å². The molecule has 0 aromatic carbocycles. The van der Waals surface area contributed by atoms with E-state index in [2.05, 4.69) is 5.32 Å². The van der Waals surface area contributed by atoms with Crippen LogP contribution in [0, 0.1) is 0 Å². The minimum atomic E-state index is -0.818. The molecule has 1 aliphatic heterocycles. The third kappa shape index (κ3) is 3.85. The summed E-state index contributed by atoms with van der Waals surface area (Å²) in [6, 6.07) is -0.465. The smallest absolute Gasteiger partial charge is 0.320 e. The van der Waals surface area contributed by atoms with Crippen molar-refractivity contribution in [3.8, 4) is 0 Å². The standard InChI is InChI=1S/C14H25N3O4/c1-10(13(18)19)16-6-8-17(9-7-16)14(20)15-11-4-3-5-12(11)21-2/h10-12H,3-9H2,1-2H3,(H,15,20)(H,18,19). The van der Waals surface area contributed by atoms with Gasteiger partial charge in [-0.3, -0.25) is 9.69 Å². The van der Waals surface area contributed by atoms with Crippen LogP contribution in [0.15, 0.2) is 0 Å². The summed E-state index contributed by atoms with van der Waals surface area (Å²) >= 11 is 0. The van der Waals surface area contributed by atoms with E-state index >= 15 is 0 Å². The van der Waals surface area contributed by atoms with E-state index in [1.807, 2.05) is 4.90 Å². The molecule has 3 unspecified atom stereocenters. The number of carboxylic acids is 1. The molecule has 1 saturated heterocycles. The van der Waals surface area contributed by atoms with Gasteiger partial charge in [0.15, 0.2) is 0 Å². The molecule has 2 amide bonds. The highest BCUT2D eigenvalue weighted by molar-refractivity contribution is 5.75. The van der Waals surface area contributed by atoms with Gasteiger partial charge in [0.25, 0.3) is 0 Å². The Labute approximate surface area is 125 Å². The normalized spacial score (nSPS) is 28.4. The maximum atomic E-state index is 12.3. The summed E-state index contributed by atoms with van der Waals surface area (Å²) in [6.45, 7) is 4.00. The van der Waals surface area contributed by atoms with E-state index in [1.165, 1.54) is 0 Å². The number of carbonyl (C=O) groups excluding carboxylic acids is 1. The second-order valence-electron chi connectivity index (χ2n) is 5.80. The Morgan fingerprint density at radius 3 is 2.48 bits per heavy atom. The number of hydrogen-bond acceptors (Lipinski definition) is 4. The molecule has 1 saturated carbocycles. The predicted octanol–water partition coefficient (Wildman–Crippen LogP) is 0.354. The molecule has 0 aromatic heterocycles. The number of nitrogens with zero attached hydrogens (tertiary/aromatic N) is 2. The molecule has 3 atom stereocenters. The second kappa shape index (κ2) is 7.09. The lowest BCUT2D eigenvalue weighted by Gasteiger charge is -2.37. The van der Waals surface area contributed by atoms with Crippen molar-refractivity contribution in [3.63, 3.8) is 0 Å². The quantitative estimate of drug-likeness (QED) is 0.783. The molecule has 7 heteroatoms. The number of urea groups is 1. The number of piperazine rings is 1. The summed E-state index contributed by atoms with van der Waals surface area (Å²) in [6.07, 6.45) is 3.14. The van der Waals surface area contributed by atoms with Gasteiger partial charge in [-0.05, 0) is 26.2 Å². The number of hydrogen-bond donors (Lipinski definition) is 2. The molecule has 1 aliphatic carbocycles. The maximum absolute atomic E-state index is 12.3. The first-order chi connectivity index (χ1) is 10.0. The Balaban J connectivity index is 1.79. The molecule has 2 rings (SSSR count). The largest absolute Gasteiger partial charge is 0.480 e. The van der Waals surface area contributed by atoms with Crippen molar-refractivity contribution in [2.75, 3.05) is 33.3 Å². The molecular weight excluding hydrogens is 274 g/mol. The number of ether oxygens (including phenoxy) is 1. The van der Waals surface area contributed by atoms with E-state index in [9.17, 15) is 9.59 Å². The van der Waals surface area contributed by atoms with E-state index in [4.69, 9.17) is 9.84 Å². The van der Waals surface area contributed by atoms with Gasteiger partial charge in [-0.1, -0.05) is 0 Å². The molecule has 0 spiro atoms. The first-order valence-electron chi connectivity index (χ1n) is 7.58.